The highest BCUT2D eigenvalue weighted by Crippen LogP contribution is 2.29. The van der Waals surface area contributed by atoms with Crippen LogP contribution >= 0.6 is 27.3 Å². The molecule has 0 saturated carbocycles. The number of aromatic nitrogens is 1. The largest absolute Gasteiger partial charge is 0.441 e. The summed E-state index contributed by atoms with van der Waals surface area (Å²) in [5.74, 6) is 0.604. The van der Waals surface area contributed by atoms with E-state index in [9.17, 15) is 13.2 Å². The number of halogens is 1. The Balaban J connectivity index is 1.47. The van der Waals surface area contributed by atoms with Gasteiger partial charge in [0.05, 0.1) is 3.79 Å². The second-order valence-corrected chi connectivity index (χ2v) is 11.2. The van der Waals surface area contributed by atoms with Crippen molar-refractivity contribution < 1.29 is 17.6 Å². The Morgan fingerprint density at radius 1 is 1.10 bits per heavy atom. The fourth-order valence-corrected chi connectivity index (χ4v) is 6.73. The number of aryl methyl sites for hydroxylation is 1. The zero-order valence-electron chi connectivity index (χ0n) is 15.5. The fourth-order valence-electron chi connectivity index (χ4n) is 3.14. The molecule has 1 aromatic carbocycles. The van der Waals surface area contributed by atoms with Gasteiger partial charge in [-0.05, 0) is 47.1 Å². The topological polar surface area (TPSA) is 83.7 Å². The van der Waals surface area contributed by atoms with Crippen LogP contribution in [-0.4, -0.2) is 54.7 Å². The molecule has 1 fully saturated rings. The van der Waals surface area contributed by atoms with Crippen molar-refractivity contribution in [2.75, 3.05) is 26.2 Å². The minimum Gasteiger partial charge on any atom is -0.441 e. The van der Waals surface area contributed by atoms with Crippen LogP contribution in [0.4, 0.5) is 0 Å². The number of thiophene rings is 1. The van der Waals surface area contributed by atoms with E-state index in [4.69, 9.17) is 4.42 Å². The average molecular weight is 496 g/mol. The van der Waals surface area contributed by atoms with Crippen LogP contribution in [0.2, 0.25) is 0 Å². The van der Waals surface area contributed by atoms with Gasteiger partial charge >= 0.3 is 0 Å². The number of rotatable bonds is 4. The highest BCUT2D eigenvalue weighted by molar-refractivity contribution is 9.11. The zero-order chi connectivity index (χ0) is 20.6. The van der Waals surface area contributed by atoms with Gasteiger partial charge < -0.3 is 9.32 Å². The number of carbonyl (C=O) groups excluding carboxylic acids is 1. The number of piperazine rings is 1. The van der Waals surface area contributed by atoms with Crippen LogP contribution in [0.1, 0.15) is 16.2 Å². The summed E-state index contributed by atoms with van der Waals surface area (Å²) in [4.78, 5) is 18.9. The van der Waals surface area contributed by atoms with Crippen LogP contribution in [0.5, 0.6) is 0 Å². The van der Waals surface area contributed by atoms with Gasteiger partial charge in [-0.3, -0.25) is 4.79 Å². The van der Waals surface area contributed by atoms with E-state index in [1.807, 2.05) is 30.3 Å². The molecule has 0 radical (unpaired) electrons. The smallest absolute Gasteiger partial charge is 0.276 e. The van der Waals surface area contributed by atoms with Gasteiger partial charge in [0.1, 0.15) is 9.97 Å². The highest BCUT2D eigenvalue weighted by atomic mass is 79.9. The number of nitrogens with zero attached hydrogens (tertiary/aromatic N) is 3. The number of benzene rings is 1. The summed E-state index contributed by atoms with van der Waals surface area (Å²) in [5, 5.41) is 0. The van der Waals surface area contributed by atoms with Crippen molar-refractivity contribution in [2.45, 2.75) is 11.1 Å². The normalized spacial score (nSPS) is 15.6. The van der Waals surface area contributed by atoms with Gasteiger partial charge in [-0.2, -0.15) is 4.31 Å². The molecule has 1 aliphatic heterocycles. The summed E-state index contributed by atoms with van der Waals surface area (Å²) >= 11 is 4.47. The van der Waals surface area contributed by atoms with Crippen molar-refractivity contribution in [2.24, 2.45) is 0 Å². The number of hydrogen-bond donors (Lipinski definition) is 0. The first-order chi connectivity index (χ1) is 13.9. The Bertz CT molecular complexity index is 1130. The van der Waals surface area contributed by atoms with Crippen molar-refractivity contribution in [3.63, 3.8) is 0 Å². The lowest BCUT2D eigenvalue weighted by Crippen LogP contribution is -2.50. The van der Waals surface area contributed by atoms with Crippen LogP contribution in [0.25, 0.3) is 11.5 Å². The fraction of sp³-hybridized carbons (Fsp3) is 0.263. The van der Waals surface area contributed by atoms with E-state index in [0.717, 1.165) is 9.35 Å². The Morgan fingerprint density at radius 2 is 1.79 bits per heavy atom. The summed E-state index contributed by atoms with van der Waals surface area (Å²) in [7, 11) is -3.55. The van der Waals surface area contributed by atoms with Gasteiger partial charge in [0.2, 0.25) is 5.89 Å². The predicted octanol–water partition coefficient (Wildman–Crippen LogP) is 3.62. The summed E-state index contributed by atoms with van der Waals surface area (Å²) < 4.78 is 33.6. The SMILES string of the molecule is Cc1oc(-c2ccccc2)nc1C(=O)N1CCN(S(=O)(=O)c2ccc(Br)s2)CC1. The second-order valence-electron chi connectivity index (χ2n) is 6.54. The van der Waals surface area contributed by atoms with Crippen LogP contribution in [0, 0.1) is 6.92 Å². The first-order valence-corrected chi connectivity index (χ1v) is 12.0. The minimum atomic E-state index is -3.55. The first-order valence-electron chi connectivity index (χ1n) is 8.94. The molecule has 29 heavy (non-hydrogen) atoms. The summed E-state index contributed by atoms with van der Waals surface area (Å²) in [6.45, 7) is 2.80. The molecule has 10 heteroatoms. The van der Waals surface area contributed by atoms with Crippen molar-refractivity contribution in [1.29, 1.82) is 0 Å². The molecule has 1 saturated heterocycles. The molecule has 1 amide bonds. The molecule has 0 spiro atoms. The second kappa shape index (κ2) is 8.02. The summed E-state index contributed by atoms with van der Waals surface area (Å²) in [6.07, 6.45) is 0. The van der Waals surface area contributed by atoms with Crippen molar-refractivity contribution in [3.05, 3.63) is 57.7 Å². The maximum absolute atomic E-state index is 12.9. The number of carbonyl (C=O) groups is 1. The first kappa shape index (κ1) is 20.3. The van der Waals surface area contributed by atoms with Crippen LogP contribution in [0.3, 0.4) is 0 Å². The molecule has 3 heterocycles. The van der Waals surface area contributed by atoms with Gasteiger partial charge in [-0.25, -0.2) is 13.4 Å². The molecule has 7 nitrogen and oxygen atoms in total. The third-order valence-electron chi connectivity index (χ3n) is 4.69. The standard InChI is InChI=1S/C19H18BrN3O4S2/c1-13-17(21-18(27-13)14-5-3-2-4-6-14)19(24)22-9-11-23(12-10-22)29(25,26)16-8-7-15(20)28-16/h2-8H,9-12H2,1H3. The van der Waals surface area contributed by atoms with E-state index >= 15 is 0 Å². The Morgan fingerprint density at radius 3 is 2.41 bits per heavy atom. The molecule has 0 atom stereocenters. The monoisotopic (exact) mass is 495 g/mol. The van der Waals surface area contributed by atoms with Gasteiger partial charge in [-0.15, -0.1) is 11.3 Å². The Labute approximate surface area is 181 Å². The predicted molar refractivity (Wildman–Crippen MR) is 113 cm³/mol. The van der Waals surface area contributed by atoms with Gasteiger partial charge in [0.15, 0.2) is 5.69 Å². The van der Waals surface area contributed by atoms with E-state index in [2.05, 4.69) is 20.9 Å². The summed E-state index contributed by atoms with van der Waals surface area (Å²) in [6, 6.07) is 12.7. The van der Waals surface area contributed by atoms with Crippen LogP contribution in [-0.2, 0) is 10.0 Å². The molecule has 4 rings (SSSR count). The molecule has 152 valence electrons. The number of oxazole rings is 1. The van der Waals surface area contributed by atoms with Crippen molar-refractivity contribution in [3.8, 4) is 11.5 Å². The maximum Gasteiger partial charge on any atom is 0.276 e. The molecule has 0 aliphatic carbocycles. The van der Waals surface area contributed by atoms with Crippen LogP contribution < -0.4 is 0 Å². The Kier molecular flexibility index (Phi) is 5.60. The average Bonchev–Trinajstić information content (AvgIpc) is 3.34. The number of amides is 1. The number of sulfonamides is 1. The molecular weight excluding hydrogens is 478 g/mol. The lowest BCUT2D eigenvalue weighted by atomic mass is 10.2. The van der Waals surface area contributed by atoms with Crippen LogP contribution in [0.15, 0.2) is 54.9 Å². The van der Waals surface area contributed by atoms with Crippen molar-refractivity contribution >= 4 is 43.2 Å². The third-order valence-corrected chi connectivity index (χ3v) is 8.68. The molecule has 3 aromatic rings. The van der Waals surface area contributed by atoms with E-state index in [1.54, 1.807) is 24.0 Å². The quantitative estimate of drug-likeness (QED) is 0.551. The molecule has 0 unspecified atom stereocenters. The molecular formula is C19H18BrN3O4S2. The zero-order valence-corrected chi connectivity index (χ0v) is 18.8. The lowest BCUT2D eigenvalue weighted by molar-refractivity contribution is 0.0691. The maximum atomic E-state index is 12.9. The summed E-state index contributed by atoms with van der Waals surface area (Å²) in [5.41, 5.74) is 1.06. The number of hydrogen-bond acceptors (Lipinski definition) is 6. The third kappa shape index (κ3) is 4.02. The van der Waals surface area contributed by atoms with E-state index < -0.39 is 10.0 Å². The Hall–Kier alpha value is -2.01. The highest BCUT2D eigenvalue weighted by Gasteiger charge is 2.32. The van der Waals surface area contributed by atoms with Gasteiger partial charge in [0, 0.05) is 31.7 Å². The van der Waals surface area contributed by atoms with Crippen molar-refractivity contribution in [1.82, 2.24) is 14.2 Å². The van der Waals surface area contributed by atoms with E-state index in [0.29, 0.717) is 28.9 Å². The van der Waals surface area contributed by atoms with Gasteiger partial charge in [0.25, 0.3) is 15.9 Å². The molecule has 2 aromatic heterocycles. The molecule has 0 bridgehead atoms. The van der Waals surface area contributed by atoms with E-state index in [1.165, 1.54) is 15.6 Å². The van der Waals surface area contributed by atoms with E-state index in [-0.39, 0.29) is 24.7 Å². The minimum absolute atomic E-state index is 0.242. The molecule has 0 N–H and O–H groups in total. The lowest BCUT2D eigenvalue weighted by Gasteiger charge is -2.33. The molecule has 1 aliphatic rings. The van der Waals surface area contributed by atoms with Gasteiger partial charge in [-0.1, -0.05) is 18.2 Å².